The number of nitrogens with one attached hydrogen (secondary N) is 2. The standard InChI is InChI=1S/C12H22N2O2.ClH/c1-16-6-5-12(3-2-4-12)9-14-11(15)10-7-13-8-10;/h10,13H,2-9H2,1H3,(H,14,15);1H. The predicted octanol–water partition coefficient (Wildman–Crippen LogP) is 0.951. The van der Waals surface area contributed by atoms with E-state index in [0.29, 0.717) is 5.41 Å². The summed E-state index contributed by atoms with van der Waals surface area (Å²) >= 11 is 0. The topological polar surface area (TPSA) is 50.4 Å². The van der Waals surface area contributed by atoms with E-state index in [9.17, 15) is 4.79 Å². The quantitative estimate of drug-likeness (QED) is 0.750. The maximum absolute atomic E-state index is 11.7. The first-order valence-corrected chi connectivity index (χ1v) is 6.23. The van der Waals surface area contributed by atoms with Gasteiger partial charge in [-0.1, -0.05) is 6.42 Å². The maximum Gasteiger partial charge on any atom is 0.225 e. The van der Waals surface area contributed by atoms with E-state index in [1.807, 2.05) is 0 Å². The zero-order valence-corrected chi connectivity index (χ0v) is 11.3. The number of halogens is 1. The summed E-state index contributed by atoms with van der Waals surface area (Å²) in [5.41, 5.74) is 0.336. The summed E-state index contributed by atoms with van der Waals surface area (Å²) in [6.07, 6.45) is 4.84. The summed E-state index contributed by atoms with van der Waals surface area (Å²) < 4.78 is 5.14. The van der Waals surface area contributed by atoms with Crippen LogP contribution in [0.5, 0.6) is 0 Å². The number of carbonyl (C=O) groups excluding carboxylic acids is 1. The Morgan fingerprint density at radius 1 is 1.47 bits per heavy atom. The number of hydrogen-bond donors (Lipinski definition) is 2. The molecular formula is C12H23ClN2O2. The van der Waals surface area contributed by atoms with Crippen LogP contribution in [0.4, 0.5) is 0 Å². The van der Waals surface area contributed by atoms with Gasteiger partial charge in [-0.2, -0.15) is 0 Å². The van der Waals surface area contributed by atoms with Gasteiger partial charge in [0.1, 0.15) is 0 Å². The highest BCUT2D eigenvalue weighted by molar-refractivity contribution is 5.85. The number of carbonyl (C=O) groups is 1. The van der Waals surface area contributed by atoms with Crippen LogP contribution in [-0.4, -0.2) is 39.3 Å². The molecule has 1 aliphatic heterocycles. The molecule has 0 aromatic rings. The maximum atomic E-state index is 11.7. The molecule has 2 aliphatic rings. The van der Waals surface area contributed by atoms with Crippen molar-refractivity contribution in [3.05, 3.63) is 0 Å². The van der Waals surface area contributed by atoms with Crippen LogP contribution >= 0.6 is 12.4 Å². The van der Waals surface area contributed by atoms with Crippen molar-refractivity contribution in [3.8, 4) is 0 Å². The molecular weight excluding hydrogens is 240 g/mol. The van der Waals surface area contributed by atoms with Crippen LogP contribution in [0.1, 0.15) is 25.7 Å². The first kappa shape index (κ1) is 14.7. The van der Waals surface area contributed by atoms with Crippen molar-refractivity contribution >= 4 is 18.3 Å². The second kappa shape index (κ2) is 6.57. The third-order valence-electron chi connectivity index (χ3n) is 4.04. The monoisotopic (exact) mass is 262 g/mol. The Morgan fingerprint density at radius 3 is 2.59 bits per heavy atom. The van der Waals surface area contributed by atoms with Crippen LogP contribution in [0, 0.1) is 11.3 Å². The van der Waals surface area contributed by atoms with Gasteiger partial charge in [0.15, 0.2) is 0 Å². The minimum atomic E-state index is 0. The second-order valence-corrected chi connectivity index (χ2v) is 5.17. The van der Waals surface area contributed by atoms with Crippen molar-refractivity contribution in [2.45, 2.75) is 25.7 Å². The summed E-state index contributed by atoms with van der Waals surface area (Å²) in [6.45, 7) is 3.33. The molecule has 1 amide bonds. The fourth-order valence-electron chi connectivity index (χ4n) is 2.40. The third-order valence-corrected chi connectivity index (χ3v) is 4.04. The molecule has 0 aromatic heterocycles. The molecule has 1 aliphatic carbocycles. The zero-order chi connectivity index (χ0) is 11.4. The molecule has 17 heavy (non-hydrogen) atoms. The largest absolute Gasteiger partial charge is 0.385 e. The number of methoxy groups -OCH3 is 1. The summed E-state index contributed by atoms with van der Waals surface area (Å²) in [4.78, 5) is 11.7. The highest BCUT2D eigenvalue weighted by Crippen LogP contribution is 2.43. The third kappa shape index (κ3) is 3.57. The molecule has 2 fully saturated rings. The first-order valence-electron chi connectivity index (χ1n) is 6.23. The summed E-state index contributed by atoms with van der Waals surface area (Å²) in [5.74, 6) is 0.432. The zero-order valence-electron chi connectivity index (χ0n) is 10.5. The smallest absolute Gasteiger partial charge is 0.225 e. The molecule has 1 saturated heterocycles. The normalized spacial score (nSPS) is 21.9. The lowest BCUT2D eigenvalue weighted by Gasteiger charge is -2.42. The minimum absolute atomic E-state index is 0. The molecule has 0 radical (unpaired) electrons. The van der Waals surface area contributed by atoms with Crippen molar-refractivity contribution in [3.63, 3.8) is 0 Å². The van der Waals surface area contributed by atoms with Gasteiger partial charge in [0, 0.05) is 33.4 Å². The Bertz CT molecular complexity index is 253. The molecule has 0 atom stereocenters. The van der Waals surface area contributed by atoms with Crippen molar-refractivity contribution in [1.29, 1.82) is 0 Å². The average Bonchev–Trinajstić information content (AvgIpc) is 2.13. The minimum Gasteiger partial charge on any atom is -0.385 e. The lowest BCUT2D eigenvalue weighted by Crippen LogP contribution is -2.53. The van der Waals surface area contributed by atoms with Crippen LogP contribution in [0.15, 0.2) is 0 Å². The van der Waals surface area contributed by atoms with Gasteiger partial charge in [-0.25, -0.2) is 0 Å². The first-order chi connectivity index (χ1) is 7.76. The van der Waals surface area contributed by atoms with E-state index in [-0.39, 0.29) is 24.2 Å². The highest BCUT2D eigenvalue weighted by atomic mass is 35.5. The molecule has 4 nitrogen and oxygen atoms in total. The van der Waals surface area contributed by atoms with E-state index >= 15 is 0 Å². The van der Waals surface area contributed by atoms with Gasteiger partial charge >= 0.3 is 0 Å². The average molecular weight is 263 g/mol. The van der Waals surface area contributed by atoms with Gasteiger partial charge in [0.05, 0.1) is 5.92 Å². The Balaban J connectivity index is 0.00000144. The Labute approximate surface area is 109 Å². The molecule has 0 spiro atoms. The second-order valence-electron chi connectivity index (χ2n) is 5.17. The highest BCUT2D eigenvalue weighted by Gasteiger charge is 2.37. The van der Waals surface area contributed by atoms with E-state index in [1.54, 1.807) is 7.11 Å². The van der Waals surface area contributed by atoms with Crippen molar-refractivity contribution < 1.29 is 9.53 Å². The van der Waals surface area contributed by atoms with E-state index < -0.39 is 0 Å². The molecule has 0 aromatic carbocycles. The number of ether oxygens (including phenoxy) is 1. The van der Waals surface area contributed by atoms with Crippen LogP contribution in [-0.2, 0) is 9.53 Å². The fraction of sp³-hybridized carbons (Fsp3) is 0.917. The molecule has 2 rings (SSSR count). The molecule has 1 saturated carbocycles. The van der Waals surface area contributed by atoms with Gasteiger partial charge in [0.25, 0.3) is 0 Å². The summed E-state index contributed by atoms with van der Waals surface area (Å²) in [6, 6.07) is 0. The van der Waals surface area contributed by atoms with Gasteiger partial charge in [-0.15, -0.1) is 12.4 Å². The van der Waals surface area contributed by atoms with Crippen LogP contribution in [0.3, 0.4) is 0 Å². The van der Waals surface area contributed by atoms with Crippen LogP contribution in [0.25, 0.3) is 0 Å². The predicted molar refractivity (Wildman–Crippen MR) is 69.4 cm³/mol. The van der Waals surface area contributed by atoms with Crippen molar-refractivity contribution in [1.82, 2.24) is 10.6 Å². The Morgan fingerprint density at radius 2 is 2.18 bits per heavy atom. The van der Waals surface area contributed by atoms with E-state index in [2.05, 4.69) is 10.6 Å². The van der Waals surface area contributed by atoms with Crippen molar-refractivity contribution in [2.75, 3.05) is 33.4 Å². The van der Waals surface area contributed by atoms with Gasteiger partial charge < -0.3 is 15.4 Å². The summed E-state index contributed by atoms with van der Waals surface area (Å²) in [7, 11) is 1.74. The molecule has 5 heteroatoms. The van der Waals surface area contributed by atoms with Gasteiger partial charge in [0.2, 0.25) is 5.91 Å². The van der Waals surface area contributed by atoms with Crippen LogP contribution in [0.2, 0.25) is 0 Å². The van der Waals surface area contributed by atoms with Gasteiger partial charge in [-0.05, 0) is 24.7 Å². The molecule has 2 N–H and O–H groups in total. The van der Waals surface area contributed by atoms with Crippen molar-refractivity contribution in [2.24, 2.45) is 11.3 Å². The van der Waals surface area contributed by atoms with E-state index in [4.69, 9.17) is 4.74 Å². The Hall–Kier alpha value is -0.320. The van der Waals surface area contributed by atoms with Gasteiger partial charge in [-0.3, -0.25) is 4.79 Å². The number of amides is 1. The molecule has 100 valence electrons. The lowest BCUT2D eigenvalue weighted by molar-refractivity contribution is -0.127. The number of rotatable bonds is 6. The summed E-state index contributed by atoms with van der Waals surface area (Å²) in [5, 5.41) is 6.22. The van der Waals surface area contributed by atoms with E-state index in [1.165, 1.54) is 19.3 Å². The number of hydrogen-bond acceptors (Lipinski definition) is 3. The fourth-order valence-corrected chi connectivity index (χ4v) is 2.40. The molecule has 0 bridgehead atoms. The SMILES string of the molecule is COCCC1(CNC(=O)C2CNC2)CCC1.Cl. The lowest BCUT2D eigenvalue weighted by atomic mass is 9.66. The Kier molecular flexibility index (Phi) is 5.70. The molecule has 0 unspecified atom stereocenters. The van der Waals surface area contributed by atoms with E-state index in [0.717, 1.165) is 32.7 Å². The van der Waals surface area contributed by atoms with Crippen LogP contribution < -0.4 is 10.6 Å². The molecule has 1 heterocycles.